The van der Waals surface area contributed by atoms with Gasteiger partial charge in [0.05, 0.1) is 0 Å². The predicted molar refractivity (Wildman–Crippen MR) is 86.5 cm³/mol. The average Bonchev–Trinajstić information content (AvgIpc) is 3.47. The maximum absolute atomic E-state index is 6.44. The minimum atomic E-state index is -3.10. The van der Waals surface area contributed by atoms with Crippen LogP contribution in [0.3, 0.4) is 0 Å². The number of fused-ring (bicyclic) bond motifs is 10. The van der Waals surface area contributed by atoms with Crippen molar-refractivity contribution in [1.29, 1.82) is 0 Å². The molecule has 0 saturated carbocycles. The van der Waals surface area contributed by atoms with Gasteiger partial charge in [-0.15, -0.1) is 0 Å². The molecule has 10 fully saturated rings. The van der Waals surface area contributed by atoms with Crippen molar-refractivity contribution in [1.82, 2.24) is 0 Å². The molecule has 130 valence electrons. The van der Waals surface area contributed by atoms with Crippen LogP contribution in [0.5, 0.6) is 0 Å². The summed E-state index contributed by atoms with van der Waals surface area (Å²) in [6.45, 7) is 8.10. The normalized spacial score (nSPS) is 93.5. The fraction of sp³-hybridized carbons (Fsp3) is 1.00. The molecule has 0 aromatic carbocycles. The van der Waals surface area contributed by atoms with Crippen LogP contribution in [0.2, 0.25) is 53.2 Å². The van der Waals surface area contributed by atoms with Crippen LogP contribution < -0.4 is 0 Å². The summed E-state index contributed by atoms with van der Waals surface area (Å²) in [5.74, 6) is 0. The molecule has 10 rings (SSSR count). The van der Waals surface area contributed by atoms with Gasteiger partial charge in [-0.05, 0) is 0 Å². The predicted octanol–water partition coefficient (Wildman–Crippen LogP) is 5.18. The van der Waals surface area contributed by atoms with E-state index in [9.17, 15) is 0 Å². The van der Waals surface area contributed by atoms with Crippen LogP contribution in [0.15, 0.2) is 0 Å². The summed E-state index contributed by atoms with van der Waals surface area (Å²) in [5.41, 5.74) is 0.629. The first-order valence-electron chi connectivity index (χ1n) is 10.0. The molecule has 0 aromatic rings. The van der Waals surface area contributed by atoms with Crippen LogP contribution in [0.4, 0.5) is 0 Å². The van der Waals surface area contributed by atoms with Gasteiger partial charge in [0.1, 0.15) is 0 Å². The van der Waals surface area contributed by atoms with E-state index in [1.54, 1.807) is 0 Å². The number of rotatable bonds is 8. The van der Waals surface area contributed by atoms with Crippen molar-refractivity contribution >= 4 is 8.80 Å². The Bertz CT molecular complexity index is 986. The van der Waals surface area contributed by atoms with E-state index in [0.29, 0.717) is 5.54 Å². The van der Waals surface area contributed by atoms with Crippen LogP contribution in [0.1, 0.15) is 27.7 Å². The molecule has 10 heterocycles. The van der Waals surface area contributed by atoms with Crippen molar-refractivity contribution in [3.8, 4) is 0 Å². The van der Waals surface area contributed by atoms with Crippen LogP contribution in [-0.2, 0) is 19.8 Å². The molecule has 23 heavy (non-hydrogen) atoms. The van der Waals surface area contributed by atoms with Gasteiger partial charge in [-0.2, -0.15) is 0 Å². The molecular weight excluding hydrogens is 348 g/mol. The molecular formula is C18H28FeO3Si. The summed E-state index contributed by atoms with van der Waals surface area (Å²) in [5, 5.41) is 0. The second kappa shape index (κ2) is 1.21. The average molecular weight is 376 g/mol. The zero-order valence-electron chi connectivity index (χ0n) is 14.5. The maximum atomic E-state index is 6.44. The van der Waals surface area contributed by atoms with Crippen molar-refractivity contribution < 1.29 is 19.8 Å². The van der Waals surface area contributed by atoms with Crippen LogP contribution >= 0.6 is 0 Å². The Morgan fingerprint density at radius 1 is 0.783 bits per heavy atom. The molecule has 3 nitrogen and oxygen atoms in total. The number of hydrogen-bond acceptors (Lipinski definition) is 3. The molecule has 0 N–H and O–H groups in total. The van der Waals surface area contributed by atoms with Gasteiger partial charge in [-0.25, -0.2) is 0 Å². The first-order chi connectivity index (χ1) is 10.9. The van der Waals surface area contributed by atoms with E-state index >= 15 is 0 Å². The molecule has 10 aliphatic heterocycles. The van der Waals surface area contributed by atoms with E-state index in [1.807, 2.05) is 0 Å². The Morgan fingerprint density at radius 3 is 1.39 bits per heavy atom. The Morgan fingerprint density at radius 2 is 1.17 bits per heavy atom. The topological polar surface area (TPSA) is 27.7 Å². The van der Waals surface area contributed by atoms with Crippen LogP contribution in [-0.4, -0.2) is 28.6 Å². The van der Waals surface area contributed by atoms with Gasteiger partial charge < -0.3 is 0 Å². The van der Waals surface area contributed by atoms with Crippen molar-refractivity contribution in [2.75, 3.05) is 19.8 Å². The second-order valence-corrected chi connectivity index (χ2v) is 38.9. The first kappa shape index (κ1) is 11.4. The third kappa shape index (κ3) is 0.170. The third-order valence-corrected chi connectivity index (χ3v) is 63.7. The van der Waals surface area contributed by atoms with E-state index in [2.05, 4.69) is 27.7 Å². The standard InChI is InChI=1S/C13H23O3Si.C5H5.Fe/c1-5-14-17(15-6-2,16-7-3)12(4)13-10-8-9-11-13;1-2-4-5-3-1;/h8-12H,5-7H2,1-4H3;1-5H;. The third-order valence-electron chi connectivity index (χ3n) is 17.0. The zero-order chi connectivity index (χ0) is 15.3. The van der Waals surface area contributed by atoms with E-state index < -0.39 is 15.3 Å². The molecule has 1 spiro atoms. The Hall–Kier alpha value is 0.616. The van der Waals surface area contributed by atoms with E-state index in [0.717, 1.165) is 24.1 Å². The molecule has 0 bridgehead atoms. The Labute approximate surface area is 129 Å². The summed E-state index contributed by atoms with van der Waals surface area (Å²) in [7, 11) is -2.52. The van der Waals surface area contributed by atoms with Crippen LogP contribution in [0, 0.1) is 0 Å². The zero-order valence-corrected chi connectivity index (χ0v) is 16.6. The van der Waals surface area contributed by atoms with Gasteiger partial charge in [0.15, 0.2) is 0 Å². The van der Waals surface area contributed by atoms with Crippen molar-refractivity contribution in [3.63, 3.8) is 0 Å². The fourth-order valence-corrected chi connectivity index (χ4v) is 101. The van der Waals surface area contributed by atoms with Crippen molar-refractivity contribution in [3.05, 3.63) is 0 Å². The summed E-state index contributed by atoms with van der Waals surface area (Å²) < 4.78 is 20.1. The minimum absolute atomic E-state index is 0.629. The molecule has 0 radical (unpaired) electrons. The summed E-state index contributed by atoms with van der Waals surface area (Å²) >= 11 is 0. The molecule has 0 amide bonds. The second-order valence-electron chi connectivity index (χ2n) is 12.4. The van der Waals surface area contributed by atoms with E-state index in [1.165, 1.54) is 43.3 Å². The van der Waals surface area contributed by atoms with Gasteiger partial charge in [0.25, 0.3) is 0 Å². The van der Waals surface area contributed by atoms with Crippen molar-refractivity contribution in [2.24, 2.45) is 0 Å². The monoisotopic (exact) mass is 376 g/mol. The fourth-order valence-electron chi connectivity index (χ4n) is 19.0. The number of hydrogen-bond donors (Lipinski definition) is 0. The van der Waals surface area contributed by atoms with Gasteiger partial charge in [0, 0.05) is 0 Å². The van der Waals surface area contributed by atoms with Gasteiger partial charge in [-0.3, -0.25) is 0 Å². The van der Waals surface area contributed by atoms with Crippen LogP contribution in [0.25, 0.3) is 0 Å². The van der Waals surface area contributed by atoms with Gasteiger partial charge in [0.2, 0.25) is 0 Å². The Balaban J connectivity index is 1.26. The molecule has 5 unspecified atom stereocenters. The summed E-state index contributed by atoms with van der Waals surface area (Å²) in [4.78, 5) is 12.2. The molecule has 0 aromatic heterocycles. The molecule has 0 aliphatic carbocycles. The molecule has 10 saturated heterocycles. The van der Waals surface area contributed by atoms with Crippen molar-refractivity contribution in [2.45, 2.75) is 80.9 Å². The first-order valence-corrected chi connectivity index (χ1v) is 18.1. The summed E-state index contributed by atoms with van der Waals surface area (Å²) in [6, 6.07) is 0. The van der Waals surface area contributed by atoms with Gasteiger partial charge in [-0.1, -0.05) is 0 Å². The SMILES string of the molecule is CCO[Si](OCC)(OCC)C(C)[C]12[CH]3[CH]4[CH]5[CH]1[Fe]45321678[CH]2[CH]1[CH]6[CH]7[CH]28. The quantitative estimate of drug-likeness (QED) is 0.546. The van der Waals surface area contributed by atoms with Gasteiger partial charge >= 0.3 is 129 Å². The molecule has 10 aliphatic rings. The molecule has 5 atom stereocenters. The molecule has 5 heteroatoms. The van der Waals surface area contributed by atoms with E-state index in [4.69, 9.17) is 13.3 Å². The van der Waals surface area contributed by atoms with E-state index in [-0.39, 0.29) is 0 Å². The Kier molecular flexibility index (Phi) is 0.595. The summed E-state index contributed by atoms with van der Waals surface area (Å²) in [6.07, 6.45) is 0.